The molecule has 0 aliphatic rings. The lowest BCUT2D eigenvalue weighted by Gasteiger charge is -2.29. The SMILES string of the molecule is CC/C(=C\N(Cc1ccccc1)S(=O)(=O)c1ccc(C)cc1)[Si](C)(C)c1ccccc1. The molecule has 0 spiro atoms. The maximum absolute atomic E-state index is 13.7. The molecule has 3 rings (SSSR count). The fourth-order valence-corrected chi connectivity index (χ4v) is 7.91. The summed E-state index contributed by atoms with van der Waals surface area (Å²) < 4.78 is 28.9. The van der Waals surface area contributed by atoms with Crippen LogP contribution in [0.3, 0.4) is 0 Å². The fraction of sp³-hybridized carbons (Fsp3) is 0.231. The zero-order valence-electron chi connectivity index (χ0n) is 18.7. The van der Waals surface area contributed by atoms with Crippen molar-refractivity contribution in [2.75, 3.05) is 0 Å². The topological polar surface area (TPSA) is 37.4 Å². The maximum atomic E-state index is 13.7. The molecule has 0 fully saturated rings. The Morgan fingerprint density at radius 1 is 0.871 bits per heavy atom. The Kier molecular flexibility index (Phi) is 7.18. The first-order valence-corrected chi connectivity index (χ1v) is 15.1. The van der Waals surface area contributed by atoms with E-state index < -0.39 is 18.1 Å². The summed E-state index contributed by atoms with van der Waals surface area (Å²) in [5.41, 5.74) is 2.00. The molecule has 3 aromatic rings. The summed E-state index contributed by atoms with van der Waals surface area (Å²) in [7, 11) is -5.71. The lowest BCUT2D eigenvalue weighted by atomic mass is 10.2. The fourth-order valence-electron chi connectivity index (χ4n) is 3.72. The quantitative estimate of drug-likeness (QED) is 0.418. The Labute approximate surface area is 188 Å². The molecular formula is C26H31NO2SSi. The van der Waals surface area contributed by atoms with Crippen molar-refractivity contribution in [3.8, 4) is 0 Å². The van der Waals surface area contributed by atoms with E-state index in [4.69, 9.17) is 0 Å². The van der Waals surface area contributed by atoms with Crippen molar-refractivity contribution in [3.05, 3.63) is 107 Å². The number of nitrogens with zero attached hydrogens (tertiary/aromatic N) is 1. The molecule has 0 atom stereocenters. The first-order chi connectivity index (χ1) is 14.7. The van der Waals surface area contributed by atoms with Gasteiger partial charge in [-0.05, 0) is 31.0 Å². The summed E-state index contributed by atoms with van der Waals surface area (Å²) in [6.45, 7) is 8.96. The first-order valence-electron chi connectivity index (χ1n) is 10.6. The average molecular weight is 450 g/mol. The molecule has 0 N–H and O–H groups in total. The number of hydrogen-bond donors (Lipinski definition) is 0. The second-order valence-electron chi connectivity index (χ2n) is 8.35. The van der Waals surface area contributed by atoms with Crippen LogP contribution in [0.5, 0.6) is 0 Å². The average Bonchev–Trinajstić information content (AvgIpc) is 2.78. The van der Waals surface area contributed by atoms with Crippen LogP contribution in [-0.4, -0.2) is 20.8 Å². The molecule has 0 bridgehead atoms. The highest BCUT2D eigenvalue weighted by molar-refractivity contribution is 7.89. The highest BCUT2D eigenvalue weighted by Crippen LogP contribution is 2.25. The summed E-state index contributed by atoms with van der Waals surface area (Å²) >= 11 is 0. The molecule has 31 heavy (non-hydrogen) atoms. The molecule has 0 aliphatic heterocycles. The van der Waals surface area contributed by atoms with Crippen molar-refractivity contribution in [1.82, 2.24) is 4.31 Å². The highest BCUT2D eigenvalue weighted by Gasteiger charge is 2.30. The molecule has 0 heterocycles. The van der Waals surface area contributed by atoms with Crippen LogP contribution in [0.25, 0.3) is 0 Å². The standard InChI is InChI=1S/C26H31NO2SSi/c1-5-25(31(3,4)26-14-10-7-11-15-26)21-27(20-23-12-8-6-9-13-23)30(28,29)24-18-16-22(2)17-19-24/h6-19,21H,5,20H2,1-4H3/b25-21+. The number of sulfonamides is 1. The Bertz CT molecular complexity index is 1120. The highest BCUT2D eigenvalue weighted by atomic mass is 32.2. The minimum absolute atomic E-state index is 0.305. The van der Waals surface area contributed by atoms with Crippen LogP contribution in [0.15, 0.2) is 101 Å². The van der Waals surface area contributed by atoms with Crippen LogP contribution in [-0.2, 0) is 16.6 Å². The van der Waals surface area contributed by atoms with Crippen molar-refractivity contribution in [2.45, 2.75) is 44.8 Å². The van der Waals surface area contributed by atoms with Crippen LogP contribution in [0, 0.1) is 6.92 Å². The second kappa shape index (κ2) is 9.67. The smallest absolute Gasteiger partial charge is 0.264 e. The number of allylic oxidation sites excluding steroid dienone is 1. The van der Waals surface area contributed by atoms with Gasteiger partial charge in [-0.3, -0.25) is 4.31 Å². The molecule has 162 valence electrons. The van der Waals surface area contributed by atoms with E-state index in [0.29, 0.717) is 11.4 Å². The molecule has 3 nitrogen and oxygen atoms in total. The van der Waals surface area contributed by atoms with Crippen LogP contribution in [0.4, 0.5) is 0 Å². The zero-order chi connectivity index (χ0) is 22.5. The van der Waals surface area contributed by atoms with Gasteiger partial charge in [-0.25, -0.2) is 8.42 Å². The van der Waals surface area contributed by atoms with Gasteiger partial charge in [0.1, 0.15) is 8.07 Å². The predicted octanol–water partition coefficient (Wildman–Crippen LogP) is 5.63. The van der Waals surface area contributed by atoms with Gasteiger partial charge in [0.25, 0.3) is 10.0 Å². The Balaban J connectivity index is 2.09. The zero-order valence-corrected chi connectivity index (χ0v) is 20.6. The minimum Gasteiger partial charge on any atom is -0.269 e. The molecule has 0 saturated heterocycles. The third-order valence-corrected chi connectivity index (χ3v) is 11.4. The monoisotopic (exact) mass is 449 g/mol. The third-order valence-electron chi connectivity index (χ3n) is 5.79. The van der Waals surface area contributed by atoms with Crippen LogP contribution in [0.2, 0.25) is 13.1 Å². The van der Waals surface area contributed by atoms with E-state index >= 15 is 0 Å². The Morgan fingerprint density at radius 3 is 1.97 bits per heavy atom. The largest absolute Gasteiger partial charge is 0.269 e. The van der Waals surface area contributed by atoms with Crippen molar-refractivity contribution < 1.29 is 8.42 Å². The normalized spacial score (nSPS) is 12.6. The number of aryl methyl sites for hydroxylation is 1. The lowest BCUT2D eigenvalue weighted by molar-refractivity contribution is 0.493. The summed E-state index contributed by atoms with van der Waals surface area (Å²) in [6, 6.07) is 27.3. The lowest BCUT2D eigenvalue weighted by Crippen LogP contribution is -2.44. The molecular weight excluding hydrogens is 418 g/mol. The molecule has 0 unspecified atom stereocenters. The van der Waals surface area contributed by atoms with Gasteiger partial charge in [-0.2, -0.15) is 0 Å². The molecule has 5 heteroatoms. The molecule has 3 aromatic carbocycles. The number of hydrogen-bond acceptors (Lipinski definition) is 2. The summed E-state index contributed by atoms with van der Waals surface area (Å²) in [6.07, 6.45) is 2.71. The van der Waals surface area contributed by atoms with Crippen LogP contribution in [0.1, 0.15) is 24.5 Å². The van der Waals surface area contributed by atoms with E-state index in [0.717, 1.165) is 17.5 Å². The predicted molar refractivity (Wildman–Crippen MR) is 132 cm³/mol. The minimum atomic E-state index is -3.68. The third kappa shape index (κ3) is 5.35. The summed E-state index contributed by atoms with van der Waals surface area (Å²) in [4.78, 5) is 0.319. The summed E-state index contributed by atoms with van der Waals surface area (Å²) in [5.74, 6) is 0. The van der Waals surface area contributed by atoms with E-state index in [-0.39, 0.29) is 0 Å². The molecule has 0 amide bonds. The van der Waals surface area contributed by atoms with E-state index in [1.807, 2.05) is 61.7 Å². The van der Waals surface area contributed by atoms with Crippen LogP contribution < -0.4 is 5.19 Å². The number of benzene rings is 3. The Morgan fingerprint density at radius 2 is 1.42 bits per heavy atom. The summed E-state index contributed by atoms with van der Waals surface area (Å²) in [5, 5.41) is 2.50. The van der Waals surface area contributed by atoms with Gasteiger partial charge < -0.3 is 0 Å². The van der Waals surface area contributed by atoms with Crippen molar-refractivity contribution in [1.29, 1.82) is 0 Å². The van der Waals surface area contributed by atoms with Crippen molar-refractivity contribution in [3.63, 3.8) is 0 Å². The molecule has 0 radical (unpaired) electrons. The van der Waals surface area contributed by atoms with Crippen molar-refractivity contribution >= 4 is 23.3 Å². The van der Waals surface area contributed by atoms with Gasteiger partial charge in [-0.15, -0.1) is 0 Å². The van der Waals surface area contributed by atoms with E-state index in [2.05, 4.69) is 44.3 Å². The van der Waals surface area contributed by atoms with Gasteiger partial charge in [0.05, 0.1) is 11.4 Å². The van der Waals surface area contributed by atoms with E-state index in [1.165, 1.54) is 14.7 Å². The second-order valence-corrected chi connectivity index (χ2v) is 14.7. The van der Waals surface area contributed by atoms with Crippen LogP contribution >= 0.6 is 0 Å². The Hall–Kier alpha value is -2.63. The van der Waals surface area contributed by atoms with E-state index in [9.17, 15) is 8.42 Å². The van der Waals surface area contributed by atoms with Gasteiger partial charge in [0.15, 0.2) is 0 Å². The van der Waals surface area contributed by atoms with Gasteiger partial charge in [0, 0.05) is 6.20 Å². The van der Waals surface area contributed by atoms with E-state index in [1.54, 1.807) is 12.1 Å². The van der Waals surface area contributed by atoms with Gasteiger partial charge in [0.2, 0.25) is 0 Å². The first kappa shape index (κ1) is 23.0. The van der Waals surface area contributed by atoms with Gasteiger partial charge >= 0.3 is 0 Å². The maximum Gasteiger partial charge on any atom is 0.264 e. The molecule has 0 aliphatic carbocycles. The van der Waals surface area contributed by atoms with Gasteiger partial charge in [-0.1, -0.05) is 109 Å². The molecule has 0 aromatic heterocycles. The van der Waals surface area contributed by atoms with Crippen molar-refractivity contribution in [2.24, 2.45) is 0 Å². The number of rotatable bonds is 8. The molecule has 0 saturated carbocycles.